The molecular weight excluding hydrogens is 406 g/mol. The highest BCUT2D eigenvalue weighted by molar-refractivity contribution is 7.94. The minimum atomic E-state index is -3.63. The normalized spacial score (nSPS) is 14.0. The molecular formula is C17H15N3O4S3. The van der Waals surface area contributed by atoms with Gasteiger partial charge in [-0.3, -0.25) is 9.52 Å². The Hall–Kier alpha value is -2.43. The van der Waals surface area contributed by atoms with Crippen molar-refractivity contribution in [3.8, 4) is 17.0 Å². The van der Waals surface area contributed by atoms with Gasteiger partial charge < -0.3 is 9.64 Å². The highest BCUT2D eigenvalue weighted by Crippen LogP contribution is 2.37. The summed E-state index contributed by atoms with van der Waals surface area (Å²) in [7, 11) is -3.63. The van der Waals surface area contributed by atoms with Crippen LogP contribution in [0.1, 0.15) is 6.92 Å². The van der Waals surface area contributed by atoms with Gasteiger partial charge in [-0.25, -0.2) is 13.4 Å². The molecule has 0 saturated heterocycles. The van der Waals surface area contributed by atoms with E-state index in [1.807, 2.05) is 19.1 Å². The Balaban J connectivity index is 1.63. The van der Waals surface area contributed by atoms with Crippen molar-refractivity contribution in [2.24, 2.45) is 0 Å². The number of thiophene rings is 1. The lowest BCUT2D eigenvalue weighted by molar-refractivity contribution is -0.121. The molecule has 0 unspecified atom stereocenters. The number of nitrogens with zero attached hydrogens (tertiary/aromatic N) is 2. The number of thiazole rings is 1. The Labute approximate surface area is 164 Å². The van der Waals surface area contributed by atoms with Crippen LogP contribution < -0.4 is 14.4 Å². The average molecular weight is 422 g/mol. The highest BCUT2D eigenvalue weighted by Gasteiger charge is 2.25. The van der Waals surface area contributed by atoms with E-state index in [4.69, 9.17) is 4.74 Å². The zero-order chi connectivity index (χ0) is 19.0. The van der Waals surface area contributed by atoms with Crippen molar-refractivity contribution in [3.05, 3.63) is 41.1 Å². The summed E-state index contributed by atoms with van der Waals surface area (Å²) in [4.78, 5) is 18.1. The molecule has 2 aromatic heterocycles. The molecule has 0 spiro atoms. The van der Waals surface area contributed by atoms with Gasteiger partial charge in [-0.15, -0.1) is 22.7 Å². The molecule has 1 N–H and O–H groups in total. The number of hydrogen-bond acceptors (Lipinski definition) is 7. The molecule has 0 aliphatic carbocycles. The highest BCUT2D eigenvalue weighted by atomic mass is 32.2. The lowest BCUT2D eigenvalue weighted by atomic mass is 10.1. The summed E-state index contributed by atoms with van der Waals surface area (Å²) in [5.74, 6) is 0.555. The maximum atomic E-state index is 12.3. The molecule has 3 aromatic rings. The fourth-order valence-corrected chi connectivity index (χ4v) is 5.71. The zero-order valence-electron chi connectivity index (χ0n) is 14.2. The minimum Gasteiger partial charge on any atom is -0.482 e. The Morgan fingerprint density at radius 2 is 2.15 bits per heavy atom. The fourth-order valence-electron chi connectivity index (χ4n) is 2.74. The van der Waals surface area contributed by atoms with Crippen LogP contribution in [-0.2, 0) is 14.8 Å². The van der Waals surface area contributed by atoms with E-state index in [2.05, 4.69) is 9.71 Å². The smallest absolute Gasteiger partial charge is 0.273 e. The van der Waals surface area contributed by atoms with Gasteiger partial charge >= 0.3 is 0 Å². The van der Waals surface area contributed by atoms with E-state index < -0.39 is 10.0 Å². The first-order valence-electron chi connectivity index (χ1n) is 8.07. The number of nitrogens with one attached hydrogen (secondary N) is 1. The number of rotatable bonds is 5. The van der Waals surface area contributed by atoms with Gasteiger partial charge in [0.1, 0.15) is 9.96 Å². The molecule has 0 bridgehead atoms. The fraction of sp³-hybridized carbons (Fsp3) is 0.176. The standard InChI is InChI=1S/C17H15N3O4S3/c1-2-20-13-8-11(5-6-14(13)24-9-15(20)21)12-10-26-17(18-12)19-27(22,23)16-4-3-7-25-16/h3-8,10H,2,9H2,1H3,(H,18,19). The van der Waals surface area contributed by atoms with Crippen LogP contribution in [0.25, 0.3) is 11.3 Å². The molecule has 1 aliphatic rings. The van der Waals surface area contributed by atoms with Crippen LogP contribution in [0.3, 0.4) is 0 Å². The van der Waals surface area contributed by atoms with E-state index in [1.165, 1.54) is 11.3 Å². The first kappa shape index (κ1) is 18.0. The maximum absolute atomic E-state index is 12.3. The third kappa shape index (κ3) is 3.43. The van der Waals surface area contributed by atoms with Crippen LogP contribution >= 0.6 is 22.7 Å². The third-order valence-corrected chi connectivity index (χ3v) is 7.62. The second-order valence-electron chi connectivity index (χ2n) is 5.68. The van der Waals surface area contributed by atoms with Crippen molar-refractivity contribution in [3.63, 3.8) is 0 Å². The minimum absolute atomic E-state index is 0.0333. The summed E-state index contributed by atoms with van der Waals surface area (Å²) in [6, 6.07) is 8.70. The number of sulfonamides is 1. The number of amides is 1. The van der Waals surface area contributed by atoms with Gasteiger partial charge in [-0.05, 0) is 36.6 Å². The number of carbonyl (C=O) groups excluding carboxylic acids is 1. The molecule has 140 valence electrons. The number of anilines is 2. The zero-order valence-corrected chi connectivity index (χ0v) is 16.7. The summed E-state index contributed by atoms with van der Waals surface area (Å²) in [6.45, 7) is 2.48. The summed E-state index contributed by atoms with van der Waals surface area (Å²) in [6.07, 6.45) is 0. The van der Waals surface area contributed by atoms with Crippen molar-refractivity contribution in [1.29, 1.82) is 0 Å². The van der Waals surface area contributed by atoms with E-state index in [1.54, 1.807) is 33.9 Å². The third-order valence-electron chi connectivity index (χ3n) is 4.00. The van der Waals surface area contributed by atoms with Crippen molar-refractivity contribution >= 4 is 49.4 Å². The molecule has 1 aliphatic heterocycles. The summed E-state index contributed by atoms with van der Waals surface area (Å²) in [5.41, 5.74) is 2.10. The summed E-state index contributed by atoms with van der Waals surface area (Å²) in [5, 5.41) is 3.77. The summed E-state index contributed by atoms with van der Waals surface area (Å²) >= 11 is 2.35. The van der Waals surface area contributed by atoms with E-state index in [-0.39, 0.29) is 21.9 Å². The average Bonchev–Trinajstić information content (AvgIpc) is 3.33. The van der Waals surface area contributed by atoms with Crippen molar-refractivity contribution < 1.29 is 17.9 Å². The molecule has 10 heteroatoms. The van der Waals surface area contributed by atoms with Crippen LogP contribution in [0.5, 0.6) is 5.75 Å². The second kappa shape index (κ2) is 6.95. The second-order valence-corrected chi connectivity index (χ2v) is 9.40. The number of ether oxygens (including phenoxy) is 1. The number of aromatic nitrogens is 1. The maximum Gasteiger partial charge on any atom is 0.273 e. The quantitative estimate of drug-likeness (QED) is 0.682. The number of benzene rings is 1. The van der Waals surface area contributed by atoms with E-state index >= 15 is 0 Å². The van der Waals surface area contributed by atoms with Gasteiger partial charge in [0, 0.05) is 17.5 Å². The molecule has 0 saturated carbocycles. The van der Waals surface area contributed by atoms with E-state index in [0.29, 0.717) is 23.7 Å². The monoisotopic (exact) mass is 421 g/mol. The lowest BCUT2D eigenvalue weighted by Crippen LogP contribution is -2.38. The molecule has 1 amide bonds. The molecule has 1 aromatic carbocycles. The Morgan fingerprint density at radius 1 is 1.30 bits per heavy atom. The van der Waals surface area contributed by atoms with Crippen LogP contribution in [0, 0.1) is 0 Å². The van der Waals surface area contributed by atoms with Crippen LogP contribution in [-0.4, -0.2) is 32.5 Å². The van der Waals surface area contributed by atoms with E-state index in [9.17, 15) is 13.2 Å². The topological polar surface area (TPSA) is 88.6 Å². The number of likely N-dealkylation sites (N-methyl/N-ethyl adjacent to an activating group) is 1. The Bertz CT molecular complexity index is 1090. The molecule has 27 heavy (non-hydrogen) atoms. The van der Waals surface area contributed by atoms with Crippen molar-refractivity contribution in [1.82, 2.24) is 4.98 Å². The molecule has 3 heterocycles. The first-order chi connectivity index (χ1) is 13.0. The SMILES string of the molecule is CCN1C(=O)COc2ccc(-c3csc(NS(=O)(=O)c4cccs4)n3)cc21. The van der Waals surface area contributed by atoms with Gasteiger partial charge in [0.25, 0.3) is 15.9 Å². The van der Waals surface area contributed by atoms with Crippen LogP contribution in [0.2, 0.25) is 0 Å². The van der Waals surface area contributed by atoms with Gasteiger partial charge in [-0.2, -0.15) is 0 Å². The lowest BCUT2D eigenvalue weighted by Gasteiger charge is -2.28. The number of carbonyl (C=O) groups is 1. The van der Waals surface area contributed by atoms with Gasteiger partial charge in [0.15, 0.2) is 11.7 Å². The predicted molar refractivity (Wildman–Crippen MR) is 106 cm³/mol. The Morgan fingerprint density at radius 3 is 2.89 bits per heavy atom. The van der Waals surface area contributed by atoms with Crippen LogP contribution in [0.4, 0.5) is 10.8 Å². The Kier molecular flexibility index (Phi) is 4.62. The summed E-state index contributed by atoms with van der Waals surface area (Å²) < 4.78 is 32.9. The number of hydrogen-bond donors (Lipinski definition) is 1. The van der Waals surface area contributed by atoms with E-state index in [0.717, 1.165) is 16.9 Å². The molecule has 7 nitrogen and oxygen atoms in total. The first-order valence-corrected chi connectivity index (χ1v) is 11.3. The van der Waals surface area contributed by atoms with Crippen molar-refractivity contribution in [2.75, 3.05) is 22.8 Å². The largest absolute Gasteiger partial charge is 0.482 e. The van der Waals surface area contributed by atoms with Gasteiger partial charge in [0.05, 0.1) is 11.4 Å². The molecule has 0 atom stereocenters. The molecule has 0 fully saturated rings. The predicted octanol–water partition coefficient (Wildman–Crippen LogP) is 3.42. The van der Waals surface area contributed by atoms with Crippen molar-refractivity contribution in [2.45, 2.75) is 11.1 Å². The van der Waals surface area contributed by atoms with Gasteiger partial charge in [0.2, 0.25) is 0 Å². The molecule has 0 radical (unpaired) electrons. The van der Waals surface area contributed by atoms with Gasteiger partial charge in [-0.1, -0.05) is 6.07 Å². The molecule has 4 rings (SSSR count). The van der Waals surface area contributed by atoms with Crippen LogP contribution in [0.15, 0.2) is 45.3 Å². The number of fused-ring (bicyclic) bond motifs is 1.